The van der Waals surface area contributed by atoms with Gasteiger partial charge in [0.05, 0.1) is 13.5 Å². The maximum absolute atomic E-state index is 12.0. The van der Waals surface area contributed by atoms with Crippen LogP contribution in [-0.2, 0) is 14.3 Å². The molecule has 28 heavy (non-hydrogen) atoms. The van der Waals surface area contributed by atoms with Gasteiger partial charge in [-0.1, -0.05) is 6.07 Å². The number of H-pyrrole nitrogens is 1. The lowest BCUT2D eigenvalue weighted by Gasteiger charge is -2.07. The number of hydrogen-bond donors (Lipinski definition) is 2. The van der Waals surface area contributed by atoms with Crippen LogP contribution in [0.2, 0.25) is 0 Å². The summed E-state index contributed by atoms with van der Waals surface area (Å²) in [5.74, 6) is -0.587. The van der Waals surface area contributed by atoms with Gasteiger partial charge in [-0.2, -0.15) is 0 Å². The van der Waals surface area contributed by atoms with E-state index < -0.39 is 5.97 Å². The fourth-order valence-corrected chi connectivity index (χ4v) is 2.64. The monoisotopic (exact) mass is 380 g/mol. The molecular formula is C21H20N2O5. The van der Waals surface area contributed by atoms with Crippen molar-refractivity contribution in [3.05, 3.63) is 60.3 Å². The molecule has 2 N–H and O–H groups in total. The Hall–Kier alpha value is -3.61. The highest BCUT2D eigenvalue weighted by molar-refractivity contribution is 5.98. The molecule has 1 heterocycles. The molecule has 3 aromatic rings. The van der Waals surface area contributed by atoms with Gasteiger partial charge in [0.25, 0.3) is 0 Å². The van der Waals surface area contributed by atoms with Gasteiger partial charge < -0.3 is 19.8 Å². The number of nitrogens with one attached hydrogen (secondary N) is 2. The first-order chi connectivity index (χ1) is 13.5. The van der Waals surface area contributed by atoms with Gasteiger partial charge in [0, 0.05) is 29.4 Å². The van der Waals surface area contributed by atoms with Gasteiger partial charge in [-0.3, -0.25) is 14.4 Å². The van der Waals surface area contributed by atoms with E-state index in [0.29, 0.717) is 17.0 Å². The number of carbonyl (C=O) groups is 3. The first-order valence-corrected chi connectivity index (χ1v) is 8.75. The number of aromatic nitrogens is 1. The van der Waals surface area contributed by atoms with Gasteiger partial charge in [-0.05, 0) is 47.9 Å². The number of esters is 1. The Morgan fingerprint density at radius 3 is 2.54 bits per heavy atom. The van der Waals surface area contributed by atoms with Crippen LogP contribution in [0.25, 0.3) is 10.9 Å². The SMILES string of the molecule is COc1ccc(C(=O)COC(=O)CCC(=O)Nc2ccc3cc[nH]c3c2)cc1. The predicted molar refractivity (Wildman–Crippen MR) is 104 cm³/mol. The van der Waals surface area contributed by atoms with E-state index in [0.717, 1.165) is 10.9 Å². The number of ether oxygens (including phenoxy) is 2. The van der Waals surface area contributed by atoms with Crippen LogP contribution in [0, 0.1) is 0 Å². The molecule has 0 unspecified atom stereocenters. The summed E-state index contributed by atoms with van der Waals surface area (Å²) in [6.45, 7) is -0.365. The number of rotatable bonds is 8. The van der Waals surface area contributed by atoms with Crippen molar-refractivity contribution < 1.29 is 23.9 Å². The maximum Gasteiger partial charge on any atom is 0.306 e. The third-order valence-corrected chi connectivity index (χ3v) is 4.17. The first kappa shape index (κ1) is 19.2. The molecule has 0 bridgehead atoms. The van der Waals surface area contributed by atoms with Crippen LogP contribution in [0.1, 0.15) is 23.2 Å². The van der Waals surface area contributed by atoms with E-state index in [2.05, 4.69) is 10.3 Å². The first-order valence-electron chi connectivity index (χ1n) is 8.75. The lowest BCUT2D eigenvalue weighted by atomic mass is 10.1. The lowest BCUT2D eigenvalue weighted by Crippen LogP contribution is -2.17. The summed E-state index contributed by atoms with van der Waals surface area (Å²) in [6.07, 6.45) is 1.68. The Labute approximate surface area is 161 Å². The third-order valence-electron chi connectivity index (χ3n) is 4.17. The Morgan fingerprint density at radius 2 is 1.79 bits per heavy atom. The number of carbonyl (C=O) groups excluding carboxylic acids is 3. The van der Waals surface area contributed by atoms with Crippen molar-refractivity contribution in [1.82, 2.24) is 4.98 Å². The molecule has 1 amide bonds. The average molecular weight is 380 g/mol. The zero-order valence-electron chi connectivity index (χ0n) is 15.4. The lowest BCUT2D eigenvalue weighted by molar-refractivity contribution is -0.143. The van der Waals surface area contributed by atoms with Gasteiger partial charge in [0.2, 0.25) is 5.91 Å². The number of ketones is 1. The average Bonchev–Trinajstić information content (AvgIpc) is 3.18. The highest BCUT2D eigenvalue weighted by atomic mass is 16.5. The molecule has 0 radical (unpaired) electrons. The fraction of sp³-hybridized carbons (Fsp3) is 0.190. The molecule has 7 nitrogen and oxygen atoms in total. The molecular weight excluding hydrogens is 360 g/mol. The number of benzene rings is 2. The van der Waals surface area contributed by atoms with Crippen LogP contribution in [0.5, 0.6) is 5.75 Å². The molecule has 144 valence electrons. The molecule has 2 aromatic carbocycles. The van der Waals surface area contributed by atoms with E-state index in [1.807, 2.05) is 24.4 Å². The minimum Gasteiger partial charge on any atom is -0.497 e. The Balaban J connectivity index is 1.41. The standard InChI is InChI=1S/C21H20N2O5/c1-27-17-6-3-15(4-7-17)19(24)13-28-21(26)9-8-20(25)23-16-5-2-14-10-11-22-18(14)12-16/h2-7,10-12,22H,8-9,13H2,1H3,(H,23,25). The summed E-state index contributed by atoms with van der Waals surface area (Å²) in [5, 5.41) is 3.78. The molecule has 3 rings (SSSR count). The van der Waals surface area contributed by atoms with Gasteiger partial charge >= 0.3 is 5.97 Å². The zero-order valence-corrected chi connectivity index (χ0v) is 15.4. The summed E-state index contributed by atoms with van der Waals surface area (Å²) in [7, 11) is 1.53. The minimum absolute atomic E-state index is 0.0294. The van der Waals surface area contributed by atoms with Crippen LogP contribution >= 0.6 is 0 Å². The highest BCUT2D eigenvalue weighted by Gasteiger charge is 2.12. The van der Waals surface area contributed by atoms with Crippen molar-refractivity contribution in [3.63, 3.8) is 0 Å². The summed E-state index contributed by atoms with van der Waals surface area (Å²) < 4.78 is 9.98. The highest BCUT2D eigenvalue weighted by Crippen LogP contribution is 2.18. The molecule has 0 aliphatic carbocycles. The Bertz CT molecular complexity index is 991. The van der Waals surface area contributed by atoms with Crippen molar-refractivity contribution in [2.24, 2.45) is 0 Å². The van der Waals surface area contributed by atoms with Crippen molar-refractivity contribution >= 4 is 34.3 Å². The molecule has 0 aliphatic heterocycles. The Kier molecular flexibility index (Phi) is 6.06. The van der Waals surface area contributed by atoms with Gasteiger partial charge in [0.1, 0.15) is 5.75 Å². The van der Waals surface area contributed by atoms with E-state index in [4.69, 9.17) is 9.47 Å². The van der Waals surface area contributed by atoms with E-state index in [-0.39, 0.29) is 31.1 Å². The van der Waals surface area contributed by atoms with Crippen molar-refractivity contribution in [2.45, 2.75) is 12.8 Å². The molecule has 0 spiro atoms. The largest absolute Gasteiger partial charge is 0.497 e. The van der Waals surface area contributed by atoms with Gasteiger partial charge in [-0.25, -0.2) is 0 Å². The van der Waals surface area contributed by atoms with Crippen LogP contribution in [0.15, 0.2) is 54.7 Å². The number of fused-ring (bicyclic) bond motifs is 1. The fourth-order valence-electron chi connectivity index (χ4n) is 2.64. The van der Waals surface area contributed by atoms with Gasteiger partial charge in [0.15, 0.2) is 12.4 Å². The molecule has 1 aromatic heterocycles. The Morgan fingerprint density at radius 1 is 1.00 bits per heavy atom. The van der Waals surface area contributed by atoms with Crippen LogP contribution < -0.4 is 10.1 Å². The van der Waals surface area contributed by atoms with E-state index in [1.54, 1.807) is 30.3 Å². The van der Waals surface area contributed by atoms with Gasteiger partial charge in [-0.15, -0.1) is 0 Å². The summed E-state index contributed by atoms with van der Waals surface area (Å²) >= 11 is 0. The second-order valence-corrected chi connectivity index (χ2v) is 6.14. The zero-order chi connectivity index (χ0) is 19.9. The second kappa shape index (κ2) is 8.85. The maximum atomic E-state index is 12.0. The van der Waals surface area contributed by atoms with Crippen molar-refractivity contribution in [3.8, 4) is 5.75 Å². The quantitative estimate of drug-likeness (QED) is 0.461. The second-order valence-electron chi connectivity index (χ2n) is 6.14. The number of aromatic amines is 1. The summed E-state index contributed by atoms with van der Waals surface area (Å²) in [5.41, 5.74) is 1.98. The molecule has 0 fully saturated rings. The molecule has 0 atom stereocenters. The van der Waals surface area contributed by atoms with Crippen LogP contribution in [0.4, 0.5) is 5.69 Å². The molecule has 0 saturated carbocycles. The number of amides is 1. The summed E-state index contributed by atoms with van der Waals surface area (Å²) in [6, 6.07) is 13.9. The number of methoxy groups -OCH3 is 1. The third kappa shape index (κ3) is 4.97. The van der Waals surface area contributed by atoms with E-state index in [9.17, 15) is 14.4 Å². The number of hydrogen-bond acceptors (Lipinski definition) is 5. The predicted octanol–water partition coefficient (Wildman–Crippen LogP) is 3.32. The summed E-state index contributed by atoms with van der Waals surface area (Å²) in [4.78, 5) is 38.9. The number of anilines is 1. The topological polar surface area (TPSA) is 97.5 Å². The molecule has 0 aliphatic rings. The van der Waals surface area contributed by atoms with E-state index in [1.165, 1.54) is 7.11 Å². The van der Waals surface area contributed by atoms with Crippen LogP contribution in [0.3, 0.4) is 0 Å². The normalized spacial score (nSPS) is 10.5. The smallest absolute Gasteiger partial charge is 0.306 e. The van der Waals surface area contributed by atoms with Crippen molar-refractivity contribution in [2.75, 3.05) is 19.0 Å². The number of Topliss-reactive ketones (excluding diaryl/α,β-unsaturated/α-hetero) is 1. The van der Waals surface area contributed by atoms with Crippen molar-refractivity contribution in [1.29, 1.82) is 0 Å². The minimum atomic E-state index is -0.600. The van der Waals surface area contributed by atoms with Crippen LogP contribution in [-0.4, -0.2) is 36.4 Å². The molecule has 0 saturated heterocycles. The molecule has 7 heteroatoms. The van der Waals surface area contributed by atoms with E-state index >= 15 is 0 Å².